The largest absolute Gasteiger partial charge is 0.356 e. The molecule has 0 aromatic carbocycles. The van der Waals surface area contributed by atoms with Crippen molar-refractivity contribution in [2.45, 2.75) is 45.4 Å². The molecule has 2 nitrogen and oxygen atoms in total. The number of ether oxygens (including phenoxy) is 1. The monoisotopic (exact) mass is 143 g/mol. The van der Waals surface area contributed by atoms with Crippen molar-refractivity contribution >= 4 is 0 Å². The number of hydrogen-bond donors (Lipinski definition) is 1. The molecule has 2 heteroatoms. The van der Waals surface area contributed by atoms with E-state index >= 15 is 0 Å². The van der Waals surface area contributed by atoms with E-state index in [1.165, 1.54) is 0 Å². The van der Waals surface area contributed by atoms with Gasteiger partial charge in [0.15, 0.2) is 0 Å². The number of hydrogen-bond acceptors (Lipinski definition) is 2. The molecule has 0 bridgehead atoms. The van der Waals surface area contributed by atoms with E-state index < -0.39 is 0 Å². The lowest BCUT2D eigenvalue weighted by molar-refractivity contribution is -0.0498. The molecule has 10 heavy (non-hydrogen) atoms. The van der Waals surface area contributed by atoms with E-state index in [4.69, 9.17) is 4.74 Å². The Morgan fingerprint density at radius 2 is 2.00 bits per heavy atom. The summed E-state index contributed by atoms with van der Waals surface area (Å²) in [5.41, 5.74) is 0.105. The van der Waals surface area contributed by atoms with Crippen molar-refractivity contribution in [2.24, 2.45) is 0 Å². The molecule has 1 aliphatic rings. The van der Waals surface area contributed by atoms with Gasteiger partial charge >= 0.3 is 0 Å². The van der Waals surface area contributed by atoms with Crippen LogP contribution in [0.15, 0.2) is 0 Å². The second-order valence-corrected chi connectivity index (χ2v) is 3.17. The molecule has 60 valence electrons. The van der Waals surface area contributed by atoms with Crippen LogP contribution in [-0.4, -0.2) is 18.4 Å². The molecular formula is C8H17NO. The van der Waals surface area contributed by atoms with Gasteiger partial charge in [0.2, 0.25) is 0 Å². The Morgan fingerprint density at radius 3 is 2.30 bits per heavy atom. The molecule has 1 unspecified atom stereocenters. The fourth-order valence-electron chi connectivity index (χ4n) is 0.892. The highest BCUT2D eigenvalue weighted by molar-refractivity contribution is 4.80. The van der Waals surface area contributed by atoms with E-state index in [0.29, 0.717) is 6.23 Å². The predicted molar refractivity (Wildman–Crippen MR) is 41.9 cm³/mol. The highest BCUT2D eigenvalue weighted by Crippen LogP contribution is 2.22. The normalized spacial score (nSPS) is 24.9. The summed E-state index contributed by atoms with van der Waals surface area (Å²) in [4.78, 5) is 0. The van der Waals surface area contributed by atoms with Crippen LogP contribution in [-0.2, 0) is 4.74 Å². The van der Waals surface area contributed by atoms with E-state index in [0.717, 1.165) is 19.4 Å². The molecule has 0 spiro atoms. The molecule has 1 atom stereocenters. The molecule has 0 aromatic rings. The molecule has 0 aromatic heterocycles. The van der Waals surface area contributed by atoms with E-state index in [2.05, 4.69) is 26.1 Å². The van der Waals surface area contributed by atoms with E-state index in [1.54, 1.807) is 0 Å². The van der Waals surface area contributed by atoms with Gasteiger partial charge in [0.25, 0.3) is 0 Å². The van der Waals surface area contributed by atoms with Crippen LogP contribution in [0.25, 0.3) is 0 Å². The summed E-state index contributed by atoms with van der Waals surface area (Å²) < 4.78 is 5.74. The maximum Gasteiger partial charge on any atom is 0.121 e. The molecule has 0 saturated carbocycles. The first-order valence-electron chi connectivity index (χ1n) is 4.11. The Hall–Kier alpha value is -0.0800. The predicted octanol–water partition coefficient (Wildman–Crippen LogP) is 1.51. The average molecular weight is 143 g/mol. The summed E-state index contributed by atoms with van der Waals surface area (Å²) in [5.74, 6) is 0. The van der Waals surface area contributed by atoms with Crippen molar-refractivity contribution in [1.29, 1.82) is 0 Å². The van der Waals surface area contributed by atoms with Crippen LogP contribution in [0.1, 0.15) is 33.6 Å². The van der Waals surface area contributed by atoms with Gasteiger partial charge in [-0.15, -0.1) is 0 Å². The van der Waals surface area contributed by atoms with Crippen molar-refractivity contribution < 1.29 is 4.74 Å². The quantitative estimate of drug-likeness (QED) is 0.605. The van der Waals surface area contributed by atoms with Gasteiger partial charge in [-0.3, -0.25) is 5.32 Å². The van der Waals surface area contributed by atoms with Crippen LogP contribution in [0.5, 0.6) is 0 Å². The minimum absolute atomic E-state index is 0.105. The fourth-order valence-corrected chi connectivity index (χ4v) is 0.892. The van der Waals surface area contributed by atoms with Crippen molar-refractivity contribution in [2.75, 3.05) is 6.54 Å². The lowest BCUT2D eigenvalue weighted by Crippen LogP contribution is -2.28. The molecule has 1 aliphatic heterocycles. The zero-order valence-electron chi connectivity index (χ0n) is 7.11. The third kappa shape index (κ3) is 1.96. The van der Waals surface area contributed by atoms with Gasteiger partial charge in [-0.05, 0) is 19.8 Å². The van der Waals surface area contributed by atoms with Crippen molar-refractivity contribution in [3.8, 4) is 0 Å². The van der Waals surface area contributed by atoms with Crippen molar-refractivity contribution in [1.82, 2.24) is 5.32 Å². The first kappa shape index (κ1) is 8.02. The molecule has 0 amide bonds. The SMILES string of the molecule is CCC(C)(CC)OC1CN1. The first-order valence-corrected chi connectivity index (χ1v) is 4.11. The Balaban J connectivity index is 2.29. The molecule has 1 heterocycles. The van der Waals surface area contributed by atoms with Crippen LogP contribution >= 0.6 is 0 Å². The molecule has 1 fully saturated rings. The van der Waals surface area contributed by atoms with Crippen molar-refractivity contribution in [3.05, 3.63) is 0 Å². The summed E-state index contributed by atoms with van der Waals surface area (Å²) >= 11 is 0. The van der Waals surface area contributed by atoms with Gasteiger partial charge in [0.1, 0.15) is 6.23 Å². The Morgan fingerprint density at radius 1 is 1.50 bits per heavy atom. The third-order valence-electron chi connectivity index (χ3n) is 2.29. The zero-order valence-corrected chi connectivity index (χ0v) is 7.11. The molecule has 0 aliphatic carbocycles. The summed E-state index contributed by atoms with van der Waals surface area (Å²) in [6, 6.07) is 0. The maximum atomic E-state index is 5.74. The average Bonchev–Trinajstić information content (AvgIpc) is 2.72. The van der Waals surface area contributed by atoms with Crippen LogP contribution in [0.3, 0.4) is 0 Å². The van der Waals surface area contributed by atoms with Crippen LogP contribution in [0, 0.1) is 0 Å². The second kappa shape index (κ2) is 2.89. The first-order chi connectivity index (χ1) is 4.70. The van der Waals surface area contributed by atoms with Gasteiger partial charge in [0, 0.05) is 6.54 Å². The smallest absolute Gasteiger partial charge is 0.121 e. The second-order valence-electron chi connectivity index (χ2n) is 3.17. The topological polar surface area (TPSA) is 31.2 Å². The summed E-state index contributed by atoms with van der Waals surface area (Å²) in [7, 11) is 0. The van der Waals surface area contributed by atoms with Gasteiger partial charge in [-0.2, -0.15) is 0 Å². The van der Waals surface area contributed by atoms with E-state index in [-0.39, 0.29) is 5.60 Å². The van der Waals surface area contributed by atoms with Crippen LogP contribution in [0.4, 0.5) is 0 Å². The highest BCUT2D eigenvalue weighted by atomic mass is 16.5. The van der Waals surface area contributed by atoms with Gasteiger partial charge in [-0.1, -0.05) is 13.8 Å². The zero-order chi connectivity index (χ0) is 7.61. The molecular weight excluding hydrogens is 126 g/mol. The molecule has 1 N–H and O–H groups in total. The Labute approximate surface area is 63.0 Å². The number of rotatable bonds is 4. The minimum atomic E-state index is 0.105. The lowest BCUT2D eigenvalue weighted by Gasteiger charge is -2.26. The van der Waals surface area contributed by atoms with Gasteiger partial charge in [-0.25, -0.2) is 0 Å². The third-order valence-corrected chi connectivity index (χ3v) is 2.29. The Kier molecular flexibility index (Phi) is 2.32. The standard InChI is InChI=1S/C8H17NO/c1-4-8(3,5-2)10-7-6-9-7/h7,9H,4-6H2,1-3H3. The maximum absolute atomic E-state index is 5.74. The minimum Gasteiger partial charge on any atom is -0.356 e. The van der Waals surface area contributed by atoms with E-state index in [9.17, 15) is 0 Å². The fraction of sp³-hybridized carbons (Fsp3) is 1.00. The molecule has 0 radical (unpaired) electrons. The highest BCUT2D eigenvalue weighted by Gasteiger charge is 2.30. The molecule has 1 saturated heterocycles. The van der Waals surface area contributed by atoms with Crippen LogP contribution in [0.2, 0.25) is 0 Å². The summed E-state index contributed by atoms with van der Waals surface area (Å²) in [5, 5.41) is 3.14. The summed E-state index contributed by atoms with van der Waals surface area (Å²) in [6.45, 7) is 7.56. The lowest BCUT2D eigenvalue weighted by atomic mass is 10.0. The number of nitrogens with one attached hydrogen (secondary N) is 1. The molecule has 1 rings (SSSR count). The van der Waals surface area contributed by atoms with Crippen molar-refractivity contribution in [3.63, 3.8) is 0 Å². The summed E-state index contributed by atoms with van der Waals surface area (Å²) in [6.07, 6.45) is 2.55. The Bertz CT molecular complexity index is 106. The van der Waals surface area contributed by atoms with Gasteiger partial charge in [0.05, 0.1) is 5.60 Å². The van der Waals surface area contributed by atoms with Gasteiger partial charge < -0.3 is 4.74 Å². The van der Waals surface area contributed by atoms with E-state index in [1.807, 2.05) is 0 Å². The van der Waals surface area contributed by atoms with Crippen LogP contribution < -0.4 is 5.32 Å².